The molecule has 3 N–H and O–H groups in total. The lowest BCUT2D eigenvalue weighted by Crippen LogP contribution is -2.28. The molecule has 1 aromatic carbocycles. The molecule has 0 saturated carbocycles. The summed E-state index contributed by atoms with van der Waals surface area (Å²) in [4.78, 5) is 11.3. The highest BCUT2D eigenvalue weighted by molar-refractivity contribution is 7.88. The van der Waals surface area contributed by atoms with E-state index in [1.54, 1.807) is 31.2 Å². The van der Waals surface area contributed by atoms with Crippen molar-refractivity contribution in [2.45, 2.75) is 19.1 Å². The zero-order chi connectivity index (χ0) is 15.9. The standard InChI is InChI=1S/C13H18N2O4S2/c1-2-19-12(16)7-8-15-21(17,18)9-10-5-3-4-6-11(10)13(14)20/h3-6,15H,2,7-9H2,1H3,(H2,14,20). The van der Waals surface area contributed by atoms with Crippen molar-refractivity contribution < 1.29 is 17.9 Å². The van der Waals surface area contributed by atoms with E-state index in [4.69, 9.17) is 22.7 Å². The van der Waals surface area contributed by atoms with Crippen molar-refractivity contribution in [3.05, 3.63) is 35.4 Å². The van der Waals surface area contributed by atoms with Crippen LogP contribution in [0.1, 0.15) is 24.5 Å². The maximum absolute atomic E-state index is 12.0. The van der Waals surface area contributed by atoms with Gasteiger partial charge in [-0.15, -0.1) is 0 Å². The van der Waals surface area contributed by atoms with Crippen LogP contribution in [0.25, 0.3) is 0 Å². The van der Waals surface area contributed by atoms with Crippen LogP contribution < -0.4 is 10.5 Å². The number of hydrogen-bond donors (Lipinski definition) is 2. The lowest BCUT2D eigenvalue weighted by molar-refractivity contribution is -0.142. The molecule has 0 aliphatic carbocycles. The Hall–Kier alpha value is -1.51. The summed E-state index contributed by atoms with van der Waals surface area (Å²) in [6.45, 7) is 1.96. The second-order valence-corrected chi connectivity index (χ2v) is 6.48. The molecule has 0 aromatic heterocycles. The van der Waals surface area contributed by atoms with E-state index in [9.17, 15) is 13.2 Å². The molecular weight excluding hydrogens is 312 g/mol. The molecule has 0 saturated heterocycles. The average Bonchev–Trinajstić information content (AvgIpc) is 2.38. The molecule has 0 spiro atoms. The molecule has 116 valence electrons. The summed E-state index contributed by atoms with van der Waals surface area (Å²) in [7, 11) is -3.57. The number of carbonyl (C=O) groups excluding carboxylic acids is 1. The summed E-state index contributed by atoms with van der Waals surface area (Å²) in [5.41, 5.74) is 6.61. The monoisotopic (exact) mass is 330 g/mol. The first kappa shape index (κ1) is 17.5. The molecule has 0 fully saturated rings. The summed E-state index contributed by atoms with van der Waals surface area (Å²) >= 11 is 4.89. The minimum Gasteiger partial charge on any atom is -0.466 e. The number of benzene rings is 1. The van der Waals surface area contributed by atoms with E-state index in [1.807, 2.05) is 0 Å². The number of nitrogens with one attached hydrogen (secondary N) is 1. The zero-order valence-electron chi connectivity index (χ0n) is 11.7. The number of hydrogen-bond acceptors (Lipinski definition) is 5. The molecule has 0 radical (unpaired) electrons. The van der Waals surface area contributed by atoms with Crippen LogP contribution in [0.4, 0.5) is 0 Å². The molecule has 0 amide bonds. The molecule has 0 aliphatic heterocycles. The van der Waals surface area contributed by atoms with Gasteiger partial charge in [-0.05, 0) is 12.5 Å². The van der Waals surface area contributed by atoms with Gasteiger partial charge in [0.05, 0.1) is 18.8 Å². The molecule has 6 nitrogen and oxygen atoms in total. The highest BCUT2D eigenvalue weighted by atomic mass is 32.2. The van der Waals surface area contributed by atoms with Crippen LogP contribution in [-0.2, 0) is 25.3 Å². The molecule has 0 heterocycles. The van der Waals surface area contributed by atoms with Crippen LogP contribution in [0.2, 0.25) is 0 Å². The molecule has 8 heteroatoms. The van der Waals surface area contributed by atoms with Gasteiger partial charge in [0.25, 0.3) is 0 Å². The Morgan fingerprint density at radius 1 is 1.38 bits per heavy atom. The van der Waals surface area contributed by atoms with Crippen molar-refractivity contribution in [3.8, 4) is 0 Å². The first-order valence-corrected chi connectivity index (χ1v) is 8.42. The Kier molecular flexibility index (Phi) is 6.73. The molecular formula is C13H18N2O4S2. The Balaban J connectivity index is 2.65. The Morgan fingerprint density at radius 2 is 2.05 bits per heavy atom. The molecule has 0 aliphatic rings. The van der Waals surface area contributed by atoms with E-state index in [-0.39, 0.29) is 30.3 Å². The smallest absolute Gasteiger partial charge is 0.307 e. The number of sulfonamides is 1. The summed E-state index contributed by atoms with van der Waals surface area (Å²) < 4.78 is 31.0. The van der Waals surface area contributed by atoms with Gasteiger partial charge in [-0.3, -0.25) is 4.79 Å². The molecule has 21 heavy (non-hydrogen) atoms. The third-order valence-electron chi connectivity index (χ3n) is 2.58. The second-order valence-electron chi connectivity index (χ2n) is 4.23. The van der Waals surface area contributed by atoms with E-state index < -0.39 is 16.0 Å². The minimum atomic E-state index is -3.57. The van der Waals surface area contributed by atoms with Crippen molar-refractivity contribution in [2.75, 3.05) is 13.2 Å². The van der Waals surface area contributed by atoms with Gasteiger partial charge < -0.3 is 10.5 Å². The van der Waals surface area contributed by atoms with Crippen LogP contribution in [-0.4, -0.2) is 32.5 Å². The normalized spacial score (nSPS) is 11.1. The number of esters is 1. The maximum atomic E-state index is 12.0. The Labute approximate surface area is 129 Å². The van der Waals surface area contributed by atoms with Crippen LogP contribution in [0.5, 0.6) is 0 Å². The Bertz CT molecular complexity index is 614. The van der Waals surface area contributed by atoms with Crippen molar-refractivity contribution in [1.29, 1.82) is 0 Å². The van der Waals surface area contributed by atoms with Crippen molar-refractivity contribution in [2.24, 2.45) is 5.73 Å². The van der Waals surface area contributed by atoms with Gasteiger partial charge in [-0.25, -0.2) is 13.1 Å². The summed E-state index contributed by atoms with van der Waals surface area (Å²) in [5, 5.41) is 0. The van der Waals surface area contributed by atoms with Gasteiger partial charge in [-0.2, -0.15) is 0 Å². The number of ether oxygens (including phenoxy) is 1. The van der Waals surface area contributed by atoms with Gasteiger partial charge in [0, 0.05) is 12.1 Å². The second kappa shape index (κ2) is 8.06. The number of carbonyl (C=O) groups is 1. The van der Waals surface area contributed by atoms with Gasteiger partial charge in [0.2, 0.25) is 10.0 Å². The topological polar surface area (TPSA) is 98.5 Å². The van der Waals surface area contributed by atoms with Crippen molar-refractivity contribution in [3.63, 3.8) is 0 Å². The SMILES string of the molecule is CCOC(=O)CCNS(=O)(=O)Cc1ccccc1C(N)=S. The van der Waals surface area contributed by atoms with Gasteiger partial charge in [0.15, 0.2) is 0 Å². The zero-order valence-corrected chi connectivity index (χ0v) is 13.3. The minimum absolute atomic E-state index is 0.00357. The van der Waals surface area contributed by atoms with Crippen molar-refractivity contribution in [1.82, 2.24) is 4.72 Å². The third-order valence-corrected chi connectivity index (χ3v) is 4.14. The summed E-state index contributed by atoms with van der Waals surface area (Å²) in [5.74, 6) is -0.688. The van der Waals surface area contributed by atoms with Crippen LogP contribution in [0, 0.1) is 0 Å². The predicted molar refractivity (Wildman–Crippen MR) is 84.2 cm³/mol. The van der Waals surface area contributed by atoms with Gasteiger partial charge in [-0.1, -0.05) is 36.5 Å². The number of rotatable bonds is 8. The summed E-state index contributed by atoms with van der Waals surface area (Å²) in [6, 6.07) is 6.77. The van der Waals surface area contributed by atoms with Crippen LogP contribution >= 0.6 is 12.2 Å². The highest BCUT2D eigenvalue weighted by Crippen LogP contribution is 2.12. The van der Waals surface area contributed by atoms with Crippen LogP contribution in [0.3, 0.4) is 0 Å². The van der Waals surface area contributed by atoms with Gasteiger partial charge in [0.1, 0.15) is 4.99 Å². The maximum Gasteiger partial charge on any atom is 0.307 e. The molecule has 0 atom stereocenters. The molecule has 0 bridgehead atoms. The summed E-state index contributed by atoms with van der Waals surface area (Å²) in [6.07, 6.45) is -0.00990. The molecule has 1 aromatic rings. The predicted octanol–water partition coefficient (Wildman–Crippen LogP) is 0.693. The number of nitrogens with two attached hydrogens (primary N) is 1. The van der Waals surface area contributed by atoms with E-state index in [0.717, 1.165) is 0 Å². The van der Waals surface area contributed by atoms with Crippen LogP contribution in [0.15, 0.2) is 24.3 Å². The number of thiocarbonyl (C=S) groups is 1. The van der Waals surface area contributed by atoms with E-state index in [0.29, 0.717) is 11.1 Å². The quantitative estimate of drug-likeness (QED) is 0.538. The van der Waals surface area contributed by atoms with E-state index >= 15 is 0 Å². The van der Waals surface area contributed by atoms with Gasteiger partial charge >= 0.3 is 5.97 Å². The average molecular weight is 330 g/mol. The van der Waals surface area contributed by atoms with Crippen molar-refractivity contribution >= 4 is 33.2 Å². The van der Waals surface area contributed by atoms with E-state index in [1.165, 1.54) is 0 Å². The lowest BCUT2D eigenvalue weighted by atomic mass is 10.1. The third kappa shape index (κ3) is 6.19. The Morgan fingerprint density at radius 3 is 2.67 bits per heavy atom. The fourth-order valence-corrected chi connectivity index (χ4v) is 3.06. The largest absolute Gasteiger partial charge is 0.466 e. The van der Waals surface area contributed by atoms with E-state index in [2.05, 4.69) is 4.72 Å². The molecule has 1 rings (SSSR count). The fourth-order valence-electron chi connectivity index (χ4n) is 1.68. The molecule has 0 unspecified atom stereocenters. The fraction of sp³-hybridized carbons (Fsp3) is 0.385. The highest BCUT2D eigenvalue weighted by Gasteiger charge is 2.15. The lowest BCUT2D eigenvalue weighted by Gasteiger charge is -2.10. The first-order valence-electron chi connectivity index (χ1n) is 6.36. The first-order chi connectivity index (χ1) is 9.85.